The summed E-state index contributed by atoms with van der Waals surface area (Å²) >= 11 is 0. The van der Waals surface area contributed by atoms with Crippen molar-refractivity contribution in [3.63, 3.8) is 0 Å². The van der Waals surface area contributed by atoms with Crippen molar-refractivity contribution in [2.24, 2.45) is 5.92 Å². The van der Waals surface area contributed by atoms with Gasteiger partial charge in [0.1, 0.15) is 5.82 Å². The second-order valence-electron chi connectivity index (χ2n) is 6.15. The lowest BCUT2D eigenvalue weighted by atomic mass is 9.89. The van der Waals surface area contributed by atoms with E-state index in [9.17, 15) is 14.7 Å². The number of piperidine rings is 1. The number of aromatic amines is 1. The molecule has 0 spiro atoms. The standard InChI is InChI=1S/C17H20N4O3/c1-10-14(17(23)24)7-4-8-21(10)16(22)13-6-3-5-12(9-13)15-18-11(2)19-20-15/h3,5-6,9-10,14H,4,7-8H2,1-2H3,(H,23,24)(H,18,19,20)/t10-,14-/m1/s1. The number of nitrogens with zero attached hydrogens (tertiary/aromatic N) is 3. The maximum absolute atomic E-state index is 12.9. The van der Waals surface area contributed by atoms with Gasteiger partial charge in [-0.2, -0.15) is 5.10 Å². The first-order chi connectivity index (χ1) is 11.5. The fourth-order valence-corrected chi connectivity index (χ4v) is 3.19. The highest BCUT2D eigenvalue weighted by Gasteiger charge is 2.35. The molecule has 0 bridgehead atoms. The molecule has 1 aromatic heterocycles. The zero-order valence-corrected chi connectivity index (χ0v) is 13.7. The fraction of sp³-hybridized carbons (Fsp3) is 0.412. The van der Waals surface area contributed by atoms with Crippen LogP contribution >= 0.6 is 0 Å². The van der Waals surface area contributed by atoms with Crippen molar-refractivity contribution in [1.29, 1.82) is 0 Å². The predicted octanol–water partition coefficient (Wildman–Crippen LogP) is 2.11. The summed E-state index contributed by atoms with van der Waals surface area (Å²) in [5.74, 6) is -0.262. The maximum Gasteiger partial charge on any atom is 0.308 e. The van der Waals surface area contributed by atoms with E-state index in [4.69, 9.17) is 0 Å². The number of carboxylic acid groups (broad SMARTS) is 1. The van der Waals surface area contributed by atoms with Crippen molar-refractivity contribution in [3.05, 3.63) is 35.7 Å². The van der Waals surface area contributed by atoms with E-state index in [0.29, 0.717) is 36.6 Å². The number of aliphatic carboxylic acids is 1. The van der Waals surface area contributed by atoms with Gasteiger partial charge in [0.2, 0.25) is 0 Å². The average molecular weight is 328 g/mol. The average Bonchev–Trinajstić information content (AvgIpc) is 3.01. The highest BCUT2D eigenvalue weighted by Crippen LogP contribution is 2.26. The van der Waals surface area contributed by atoms with Crippen LogP contribution in [0, 0.1) is 12.8 Å². The van der Waals surface area contributed by atoms with Gasteiger partial charge >= 0.3 is 5.97 Å². The number of H-pyrrole nitrogens is 1. The number of carbonyl (C=O) groups excluding carboxylic acids is 1. The summed E-state index contributed by atoms with van der Waals surface area (Å²) in [6.45, 7) is 4.19. The Morgan fingerprint density at radius 1 is 1.38 bits per heavy atom. The Morgan fingerprint density at radius 3 is 2.83 bits per heavy atom. The van der Waals surface area contributed by atoms with Crippen LogP contribution in [0.2, 0.25) is 0 Å². The van der Waals surface area contributed by atoms with Crippen LogP contribution in [-0.2, 0) is 4.79 Å². The number of carboxylic acids is 1. The molecule has 0 aliphatic carbocycles. The second kappa shape index (κ2) is 6.43. The normalized spacial score (nSPS) is 20.8. The summed E-state index contributed by atoms with van der Waals surface area (Å²) in [6, 6.07) is 6.80. The van der Waals surface area contributed by atoms with Crippen LogP contribution in [0.1, 0.15) is 35.9 Å². The van der Waals surface area contributed by atoms with Gasteiger partial charge in [0.15, 0.2) is 5.82 Å². The largest absolute Gasteiger partial charge is 0.481 e. The highest BCUT2D eigenvalue weighted by atomic mass is 16.4. The number of rotatable bonds is 3. The number of nitrogens with one attached hydrogen (secondary N) is 1. The number of aryl methyl sites for hydroxylation is 1. The first-order valence-electron chi connectivity index (χ1n) is 8.00. The summed E-state index contributed by atoms with van der Waals surface area (Å²) in [4.78, 5) is 30.1. The van der Waals surface area contributed by atoms with Crippen LogP contribution in [0.5, 0.6) is 0 Å². The summed E-state index contributed by atoms with van der Waals surface area (Å²) in [5.41, 5.74) is 1.28. The summed E-state index contributed by atoms with van der Waals surface area (Å²) < 4.78 is 0. The van der Waals surface area contributed by atoms with Gasteiger partial charge in [-0.15, -0.1) is 0 Å². The molecule has 0 saturated carbocycles. The maximum atomic E-state index is 12.9. The van der Waals surface area contributed by atoms with Gasteiger partial charge in [-0.3, -0.25) is 14.7 Å². The van der Waals surface area contributed by atoms with E-state index >= 15 is 0 Å². The van der Waals surface area contributed by atoms with E-state index in [1.165, 1.54) is 0 Å². The van der Waals surface area contributed by atoms with Crippen LogP contribution in [-0.4, -0.2) is 49.7 Å². The van der Waals surface area contributed by atoms with Crippen LogP contribution < -0.4 is 0 Å². The van der Waals surface area contributed by atoms with Crippen molar-refractivity contribution in [1.82, 2.24) is 20.1 Å². The first kappa shape index (κ1) is 16.2. The van der Waals surface area contributed by atoms with Gasteiger partial charge in [-0.1, -0.05) is 12.1 Å². The Labute approximate surface area is 139 Å². The number of carbonyl (C=O) groups is 2. The van der Waals surface area contributed by atoms with Crippen molar-refractivity contribution >= 4 is 11.9 Å². The predicted molar refractivity (Wildman–Crippen MR) is 87.4 cm³/mol. The molecule has 2 heterocycles. The van der Waals surface area contributed by atoms with Crippen LogP contribution in [0.3, 0.4) is 0 Å². The van der Waals surface area contributed by atoms with Gasteiger partial charge in [-0.05, 0) is 38.8 Å². The molecular formula is C17H20N4O3. The molecule has 2 atom stereocenters. The van der Waals surface area contributed by atoms with E-state index in [2.05, 4.69) is 15.2 Å². The van der Waals surface area contributed by atoms with E-state index in [0.717, 1.165) is 5.56 Å². The number of hydrogen-bond acceptors (Lipinski definition) is 4. The van der Waals surface area contributed by atoms with Crippen LogP contribution in [0.15, 0.2) is 24.3 Å². The molecule has 7 nitrogen and oxygen atoms in total. The smallest absolute Gasteiger partial charge is 0.308 e. The SMILES string of the molecule is Cc1nc(-c2cccc(C(=O)N3CCC[C@@H](C(=O)O)[C@H]3C)c2)n[nH]1. The molecule has 1 fully saturated rings. The van der Waals surface area contributed by atoms with E-state index in [1.54, 1.807) is 30.0 Å². The minimum atomic E-state index is -0.843. The second-order valence-corrected chi connectivity index (χ2v) is 6.15. The lowest BCUT2D eigenvalue weighted by molar-refractivity contribution is -0.144. The Bertz CT molecular complexity index is 771. The number of likely N-dealkylation sites (tertiary alicyclic amines) is 1. The third-order valence-corrected chi connectivity index (χ3v) is 4.53. The minimum absolute atomic E-state index is 0.150. The molecule has 1 amide bonds. The van der Waals surface area contributed by atoms with Crippen LogP contribution in [0.4, 0.5) is 0 Å². The Kier molecular flexibility index (Phi) is 4.33. The molecule has 1 aliphatic heterocycles. The molecule has 2 aromatic rings. The monoisotopic (exact) mass is 328 g/mol. The highest BCUT2D eigenvalue weighted by molar-refractivity contribution is 5.96. The molecule has 3 rings (SSSR count). The Balaban J connectivity index is 1.86. The first-order valence-corrected chi connectivity index (χ1v) is 8.00. The summed E-state index contributed by atoms with van der Waals surface area (Å²) in [7, 11) is 0. The third kappa shape index (κ3) is 3.02. The number of hydrogen-bond donors (Lipinski definition) is 2. The molecule has 2 N–H and O–H groups in total. The number of benzene rings is 1. The number of aromatic nitrogens is 3. The summed E-state index contributed by atoms with van der Waals surface area (Å²) in [5, 5.41) is 16.2. The molecule has 1 aliphatic rings. The lowest BCUT2D eigenvalue weighted by Gasteiger charge is -2.37. The Morgan fingerprint density at radius 2 is 2.17 bits per heavy atom. The fourth-order valence-electron chi connectivity index (χ4n) is 3.19. The van der Waals surface area contributed by atoms with Gasteiger partial charge in [0, 0.05) is 23.7 Å². The number of amides is 1. The zero-order valence-electron chi connectivity index (χ0n) is 13.7. The molecule has 0 unspecified atom stereocenters. The molecule has 24 heavy (non-hydrogen) atoms. The van der Waals surface area contributed by atoms with E-state index in [-0.39, 0.29) is 11.9 Å². The molecular weight excluding hydrogens is 308 g/mol. The quantitative estimate of drug-likeness (QED) is 0.899. The van der Waals surface area contributed by atoms with Gasteiger partial charge in [0.25, 0.3) is 5.91 Å². The van der Waals surface area contributed by atoms with Crippen molar-refractivity contribution in [3.8, 4) is 11.4 Å². The van der Waals surface area contributed by atoms with Crippen LogP contribution in [0.25, 0.3) is 11.4 Å². The van der Waals surface area contributed by atoms with E-state index in [1.807, 2.05) is 13.0 Å². The van der Waals surface area contributed by atoms with E-state index < -0.39 is 11.9 Å². The van der Waals surface area contributed by atoms with Gasteiger partial charge in [0.05, 0.1) is 5.92 Å². The van der Waals surface area contributed by atoms with Crippen molar-refractivity contribution < 1.29 is 14.7 Å². The van der Waals surface area contributed by atoms with Gasteiger partial charge in [-0.25, -0.2) is 4.98 Å². The lowest BCUT2D eigenvalue weighted by Crippen LogP contribution is -2.49. The Hall–Kier alpha value is -2.70. The topological polar surface area (TPSA) is 99.2 Å². The molecule has 1 saturated heterocycles. The molecule has 126 valence electrons. The minimum Gasteiger partial charge on any atom is -0.481 e. The third-order valence-electron chi connectivity index (χ3n) is 4.53. The van der Waals surface area contributed by atoms with Crippen molar-refractivity contribution in [2.75, 3.05) is 6.54 Å². The van der Waals surface area contributed by atoms with Gasteiger partial charge < -0.3 is 10.0 Å². The van der Waals surface area contributed by atoms with Crippen molar-refractivity contribution in [2.45, 2.75) is 32.7 Å². The molecule has 0 radical (unpaired) electrons. The molecule has 1 aromatic carbocycles. The zero-order chi connectivity index (χ0) is 17.3. The summed E-state index contributed by atoms with van der Waals surface area (Å²) in [6.07, 6.45) is 1.31. The molecule has 7 heteroatoms.